The van der Waals surface area contributed by atoms with Crippen molar-refractivity contribution in [2.75, 3.05) is 0 Å². The molecule has 1 atom stereocenters. The van der Waals surface area contributed by atoms with E-state index in [1.165, 1.54) is 11.2 Å². The average molecular weight is 450 g/mol. The van der Waals surface area contributed by atoms with Gasteiger partial charge in [0.05, 0.1) is 24.4 Å². The van der Waals surface area contributed by atoms with Gasteiger partial charge in [0.2, 0.25) is 0 Å². The number of Topliss-reactive ketones (excluding diaryl/α,β-unsaturated/α-hetero) is 1. The summed E-state index contributed by atoms with van der Waals surface area (Å²) in [6, 6.07) is 17.0. The van der Waals surface area contributed by atoms with Crippen molar-refractivity contribution in [1.82, 2.24) is 4.90 Å². The van der Waals surface area contributed by atoms with Gasteiger partial charge in [-0.25, -0.2) is 0 Å². The summed E-state index contributed by atoms with van der Waals surface area (Å²) in [7, 11) is 0. The van der Waals surface area contributed by atoms with Gasteiger partial charge in [-0.3, -0.25) is 9.59 Å². The van der Waals surface area contributed by atoms with Crippen molar-refractivity contribution in [2.24, 2.45) is 0 Å². The van der Waals surface area contributed by atoms with Crippen LogP contribution in [0.5, 0.6) is 0 Å². The molecular formula is C26H24ClNO4. The Morgan fingerprint density at radius 3 is 2.25 bits per heavy atom. The lowest BCUT2D eigenvalue weighted by atomic mass is 9.85. The number of hydrogen-bond acceptors (Lipinski definition) is 4. The van der Waals surface area contributed by atoms with Crippen molar-refractivity contribution >= 4 is 29.1 Å². The van der Waals surface area contributed by atoms with Crippen molar-refractivity contribution in [1.29, 1.82) is 0 Å². The first-order chi connectivity index (χ1) is 15.2. The Labute approximate surface area is 191 Å². The minimum Gasteiger partial charge on any atom is -0.507 e. The Kier molecular flexibility index (Phi) is 5.70. The Morgan fingerprint density at radius 1 is 1.03 bits per heavy atom. The van der Waals surface area contributed by atoms with Gasteiger partial charge in [0, 0.05) is 10.6 Å². The number of aliphatic hydroxyl groups is 1. The number of halogens is 1. The van der Waals surface area contributed by atoms with Crippen LogP contribution in [-0.4, -0.2) is 21.7 Å². The molecule has 1 aromatic heterocycles. The van der Waals surface area contributed by atoms with E-state index in [4.69, 9.17) is 16.0 Å². The molecule has 0 bridgehead atoms. The molecule has 164 valence electrons. The van der Waals surface area contributed by atoms with E-state index in [1.807, 2.05) is 24.3 Å². The van der Waals surface area contributed by atoms with Crippen LogP contribution in [-0.2, 0) is 21.5 Å². The van der Waals surface area contributed by atoms with Crippen LogP contribution in [0, 0.1) is 0 Å². The number of carbonyl (C=O) groups is 2. The topological polar surface area (TPSA) is 70.8 Å². The Morgan fingerprint density at radius 2 is 1.69 bits per heavy atom. The normalized spacial score (nSPS) is 18.4. The summed E-state index contributed by atoms with van der Waals surface area (Å²) in [4.78, 5) is 27.5. The molecule has 0 aliphatic carbocycles. The molecule has 2 aromatic carbocycles. The van der Waals surface area contributed by atoms with Gasteiger partial charge in [-0.15, -0.1) is 0 Å². The molecule has 3 aromatic rings. The molecule has 5 nitrogen and oxygen atoms in total. The maximum absolute atomic E-state index is 13.1. The van der Waals surface area contributed by atoms with E-state index in [1.54, 1.807) is 36.4 Å². The van der Waals surface area contributed by atoms with E-state index in [2.05, 4.69) is 20.8 Å². The van der Waals surface area contributed by atoms with Crippen molar-refractivity contribution in [3.05, 3.63) is 100.0 Å². The smallest absolute Gasteiger partial charge is 0.296 e. The molecule has 32 heavy (non-hydrogen) atoms. The number of carbonyl (C=O) groups excluding carboxylic acids is 2. The lowest BCUT2D eigenvalue weighted by Crippen LogP contribution is -2.29. The van der Waals surface area contributed by atoms with Crippen LogP contribution in [0.3, 0.4) is 0 Å². The van der Waals surface area contributed by atoms with Crippen molar-refractivity contribution in [2.45, 2.75) is 38.8 Å². The second-order valence-corrected chi connectivity index (χ2v) is 9.32. The maximum Gasteiger partial charge on any atom is 0.296 e. The number of nitrogens with zero attached hydrogens (tertiary/aromatic N) is 1. The number of aliphatic hydroxyl groups excluding tert-OH is 1. The summed E-state index contributed by atoms with van der Waals surface area (Å²) in [6.45, 7) is 6.46. The van der Waals surface area contributed by atoms with Gasteiger partial charge in [-0.05, 0) is 52.9 Å². The molecule has 0 radical (unpaired) electrons. The van der Waals surface area contributed by atoms with Crippen LogP contribution in [0.1, 0.15) is 49.3 Å². The van der Waals surface area contributed by atoms with Crippen LogP contribution >= 0.6 is 11.6 Å². The van der Waals surface area contributed by atoms with Gasteiger partial charge >= 0.3 is 0 Å². The van der Waals surface area contributed by atoms with Crippen LogP contribution in [0.2, 0.25) is 5.02 Å². The fourth-order valence-electron chi connectivity index (χ4n) is 3.89. The standard InChI is InChI=1S/C26H24ClNO4/c1-26(2,3)18-10-6-16(7-11-18)22-21(23(29)17-8-12-19(27)13-9-17)24(30)25(31)28(22)15-20-5-4-14-32-20/h4-14,22,29H,15H2,1-3H3/b23-21+. The molecule has 6 heteroatoms. The molecule has 1 amide bonds. The fraction of sp³-hybridized carbons (Fsp3) is 0.231. The zero-order valence-electron chi connectivity index (χ0n) is 18.1. The Bertz CT molecular complexity index is 1170. The van der Waals surface area contributed by atoms with Crippen LogP contribution in [0.25, 0.3) is 5.76 Å². The summed E-state index contributed by atoms with van der Waals surface area (Å²) in [6.07, 6.45) is 1.52. The fourth-order valence-corrected chi connectivity index (χ4v) is 4.01. The highest BCUT2D eigenvalue weighted by Gasteiger charge is 2.46. The zero-order valence-corrected chi connectivity index (χ0v) is 18.9. The van der Waals surface area contributed by atoms with Crippen LogP contribution in [0.4, 0.5) is 0 Å². The minimum atomic E-state index is -0.746. The third kappa shape index (κ3) is 4.08. The molecular weight excluding hydrogens is 426 g/mol. The highest BCUT2D eigenvalue weighted by atomic mass is 35.5. The van der Waals surface area contributed by atoms with Gasteiger partial charge in [0.15, 0.2) is 0 Å². The molecule has 4 rings (SSSR count). The predicted octanol–water partition coefficient (Wildman–Crippen LogP) is 5.85. The van der Waals surface area contributed by atoms with Crippen molar-refractivity contribution in [3.63, 3.8) is 0 Å². The zero-order chi connectivity index (χ0) is 23.0. The van der Waals surface area contributed by atoms with Gasteiger partial charge in [0.25, 0.3) is 11.7 Å². The summed E-state index contributed by atoms with van der Waals surface area (Å²) in [5, 5.41) is 11.6. The van der Waals surface area contributed by atoms with Gasteiger partial charge < -0.3 is 14.4 Å². The number of rotatable bonds is 4. The molecule has 1 saturated heterocycles. The third-order valence-electron chi connectivity index (χ3n) is 5.66. The molecule has 0 saturated carbocycles. The van der Waals surface area contributed by atoms with Gasteiger partial charge in [-0.2, -0.15) is 0 Å². The average Bonchev–Trinajstić information content (AvgIpc) is 3.36. The minimum absolute atomic E-state index is 0.0438. The molecule has 2 heterocycles. The SMILES string of the molecule is CC(C)(C)c1ccc(C2/C(=C(\O)c3ccc(Cl)cc3)C(=O)C(=O)N2Cc2ccco2)cc1. The maximum atomic E-state index is 13.1. The molecule has 1 N–H and O–H groups in total. The van der Waals surface area contributed by atoms with Gasteiger partial charge in [-0.1, -0.05) is 56.6 Å². The highest BCUT2D eigenvalue weighted by Crippen LogP contribution is 2.41. The molecule has 1 aliphatic heterocycles. The summed E-state index contributed by atoms with van der Waals surface area (Å²) in [5.41, 5.74) is 2.29. The number of likely N-dealkylation sites (tertiary alicyclic amines) is 1. The number of amides is 1. The highest BCUT2D eigenvalue weighted by molar-refractivity contribution is 6.46. The lowest BCUT2D eigenvalue weighted by molar-refractivity contribution is -0.140. The molecule has 1 fully saturated rings. The third-order valence-corrected chi connectivity index (χ3v) is 5.91. The Balaban J connectivity index is 1.85. The predicted molar refractivity (Wildman–Crippen MR) is 123 cm³/mol. The molecule has 0 spiro atoms. The van der Waals surface area contributed by atoms with E-state index >= 15 is 0 Å². The van der Waals surface area contributed by atoms with E-state index in [-0.39, 0.29) is 23.3 Å². The summed E-state index contributed by atoms with van der Waals surface area (Å²) >= 11 is 5.97. The summed E-state index contributed by atoms with van der Waals surface area (Å²) < 4.78 is 5.42. The second kappa shape index (κ2) is 8.32. The van der Waals surface area contributed by atoms with Gasteiger partial charge in [0.1, 0.15) is 11.5 Å². The monoisotopic (exact) mass is 449 g/mol. The molecule has 1 aliphatic rings. The van der Waals surface area contributed by atoms with Crippen LogP contribution < -0.4 is 0 Å². The second-order valence-electron chi connectivity index (χ2n) is 8.89. The number of ketones is 1. The van der Waals surface area contributed by atoms with Crippen molar-refractivity contribution < 1.29 is 19.1 Å². The Hall–Kier alpha value is -3.31. The van der Waals surface area contributed by atoms with E-state index in [9.17, 15) is 14.7 Å². The molecule has 1 unspecified atom stereocenters. The first-order valence-electron chi connectivity index (χ1n) is 10.3. The van der Waals surface area contributed by atoms with E-state index in [0.717, 1.165) is 11.1 Å². The summed E-state index contributed by atoms with van der Waals surface area (Å²) in [5.74, 6) is -1.09. The largest absolute Gasteiger partial charge is 0.507 e. The quantitative estimate of drug-likeness (QED) is 0.308. The number of benzene rings is 2. The van der Waals surface area contributed by atoms with E-state index < -0.39 is 17.7 Å². The lowest BCUT2D eigenvalue weighted by Gasteiger charge is -2.26. The van der Waals surface area contributed by atoms with Crippen LogP contribution in [0.15, 0.2) is 76.9 Å². The first kappa shape index (κ1) is 21.9. The number of hydrogen-bond donors (Lipinski definition) is 1. The first-order valence-corrected chi connectivity index (χ1v) is 10.7. The number of furan rings is 1. The van der Waals surface area contributed by atoms with Crippen molar-refractivity contribution in [3.8, 4) is 0 Å². The van der Waals surface area contributed by atoms with E-state index in [0.29, 0.717) is 16.3 Å².